The van der Waals surface area contributed by atoms with Crippen LogP contribution in [0.4, 0.5) is 5.82 Å². The van der Waals surface area contributed by atoms with E-state index in [1.807, 2.05) is 12.1 Å². The molecule has 4 N–H and O–H groups in total. The van der Waals surface area contributed by atoms with Crippen LogP contribution >= 0.6 is 0 Å². The summed E-state index contributed by atoms with van der Waals surface area (Å²) in [5.41, 5.74) is 8.12. The second kappa shape index (κ2) is 8.35. The van der Waals surface area contributed by atoms with Crippen LogP contribution in [0.25, 0.3) is 11.3 Å². The summed E-state index contributed by atoms with van der Waals surface area (Å²) in [6.45, 7) is 1.72. The number of benzene rings is 1. The predicted octanol–water partition coefficient (Wildman–Crippen LogP) is 3.25. The molecule has 2 heterocycles. The third-order valence-electron chi connectivity index (χ3n) is 6.21. The zero-order valence-electron chi connectivity index (χ0n) is 16.4. The van der Waals surface area contributed by atoms with Gasteiger partial charge in [-0.15, -0.1) is 0 Å². The average molecular weight is 383 g/mol. The van der Waals surface area contributed by atoms with Gasteiger partial charge in [0.05, 0.1) is 5.69 Å². The van der Waals surface area contributed by atoms with Crippen LogP contribution in [-0.4, -0.2) is 27.7 Å². The number of nitrogen functional groups attached to an aromatic ring is 1. The molecule has 1 aliphatic carbocycles. The van der Waals surface area contributed by atoms with E-state index >= 15 is 0 Å². The summed E-state index contributed by atoms with van der Waals surface area (Å²) < 4.78 is 1.69. The van der Waals surface area contributed by atoms with E-state index in [1.165, 1.54) is 37.7 Å². The number of aromatic hydroxyl groups is 1. The van der Waals surface area contributed by atoms with Gasteiger partial charge in [0, 0.05) is 24.3 Å². The van der Waals surface area contributed by atoms with Gasteiger partial charge in [0.25, 0.3) is 5.56 Å². The molecule has 2 fully saturated rings. The summed E-state index contributed by atoms with van der Waals surface area (Å²) >= 11 is 0. The van der Waals surface area contributed by atoms with Crippen LogP contribution in [0.15, 0.2) is 29.2 Å². The quantitative estimate of drug-likeness (QED) is 0.755. The number of hydrogen-bond donors (Lipinski definition) is 3. The molecule has 2 aliphatic rings. The number of phenolic OH excluding ortho intramolecular Hbond substituents is 1. The van der Waals surface area contributed by atoms with Crippen molar-refractivity contribution in [2.24, 2.45) is 5.92 Å². The smallest absolute Gasteiger partial charge is 0.293 e. The summed E-state index contributed by atoms with van der Waals surface area (Å²) in [5, 5.41) is 13.8. The first kappa shape index (κ1) is 19.0. The van der Waals surface area contributed by atoms with Gasteiger partial charge in [-0.3, -0.25) is 4.79 Å². The van der Waals surface area contributed by atoms with E-state index in [4.69, 9.17) is 5.73 Å². The van der Waals surface area contributed by atoms with Gasteiger partial charge in [0.1, 0.15) is 5.75 Å². The number of phenols is 1. The van der Waals surface area contributed by atoms with E-state index in [-0.39, 0.29) is 23.2 Å². The molecule has 150 valence electrons. The van der Waals surface area contributed by atoms with Crippen LogP contribution in [0.1, 0.15) is 56.6 Å². The van der Waals surface area contributed by atoms with E-state index in [0.29, 0.717) is 17.2 Å². The molecule has 0 spiro atoms. The summed E-state index contributed by atoms with van der Waals surface area (Å²) in [7, 11) is 0. The molecule has 0 amide bonds. The minimum atomic E-state index is -0.254. The summed E-state index contributed by atoms with van der Waals surface area (Å²) in [6, 6.07) is 5.82. The Labute approximate surface area is 165 Å². The second-order valence-electron chi connectivity index (χ2n) is 8.28. The first-order valence-electron chi connectivity index (χ1n) is 10.5. The van der Waals surface area contributed by atoms with Gasteiger partial charge in [-0.1, -0.05) is 38.2 Å². The average Bonchev–Trinajstić information content (AvgIpc) is 2.73. The fourth-order valence-corrected chi connectivity index (χ4v) is 4.64. The Morgan fingerprint density at radius 1 is 1.18 bits per heavy atom. The molecule has 1 saturated heterocycles. The van der Waals surface area contributed by atoms with Gasteiger partial charge < -0.3 is 20.7 Å². The van der Waals surface area contributed by atoms with Crippen molar-refractivity contribution in [3.8, 4) is 17.0 Å². The van der Waals surface area contributed by atoms with Crippen LogP contribution in [0.5, 0.6) is 5.75 Å². The van der Waals surface area contributed by atoms with E-state index in [2.05, 4.69) is 10.3 Å². The molecule has 1 atom stereocenters. The molecule has 1 saturated carbocycles. The van der Waals surface area contributed by atoms with Crippen LogP contribution in [0.3, 0.4) is 0 Å². The largest absolute Gasteiger partial charge is 0.507 e. The normalized spacial score (nSPS) is 20.9. The van der Waals surface area contributed by atoms with E-state index in [9.17, 15) is 9.90 Å². The zero-order chi connectivity index (χ0) is 19.5. The molecule has 1 aromatic carbocycles. The van der Waals surface area contributed by atoms with Crippen molar-refractivity contribution in [1.82, 2.24) is 14.9 Å². The summed E-state index contributed by atoms with van der Waals surface area (Å²) in [4.78, 5) is 16.9. The first-order chi connectivity index (χ1) is 13.6. The van der Waals surface area contributed by atoms with Crippen LogP contribution < -0.4 is 16.6 Å². The highest BCUT2D eigenvalue weighted by Gasteiger charge is 2.20. The molecule has 1 aliphatic heterocycles. The lowest BCUT2D eigenvalue weighted by atomic mass is 9.84. The fraction of sp³-hybridized carbons (Fsp3) is 0.545. The zero-order valence-corrected chi connectivity index (χ0v) is 16.4. The SMILES string of the molecule is Nc1nc(-c2cc(CC3CCCCC3)ccc2O)cn(C2CCCNC2)c1=O. The third-order valence-corrected chi connectivity index (χ3v) is 6.21. The molecular formula is C22H30N4O2. The molecule has 0 bridgehead atoms. The van der Waals surface area contributed by atoms with Gasteiger partial charge >= 0.3 is 0 Å². The molecule has 4 rings (SSSR count). The highest BCUT2D eigenvalue weighted by molar-refractivity contribution is 5.68. The Hall–Kier alpha value is -2.34. The number of aromatic nitrogens is 2. The number of nitrogens with one attached hydrogen (secondary N) is 1. The Balaban J connectivity index is 1.66. The molecule has 6 heteroatoms. The predicted molar refractivity (Wildman–Crippen MR) is 111 cm³/mol. The van der Waals surface area contributed by atoms with Gasteiger partial charge in [-0.25, -0.2) is 4.98 Å². The lowest BCUT2D eigenvalue weighted by Crippen LogP contribution is -2.37. The lowest BCUT2D eigenvalue weighted by molar-refractivity contribution is 0.356. The number of rotatable bonds is 4. The Kier molecular flexibility index (Phi) is 5.67. The highest BCUT2D eigenvalue weighted by atomic mass is 16.3. The number of piperidine rings is 1. The Morgan fingerprint density at radius 3 is 2.75 bits per heavy atom. The fourth-order valence-electron chi connectivity index (χ4n) is 4.64. The first-order valence-corrected chi connectivity index (χ1v) is 10.5. The van der Waals surface area contributed by atoms with Crippen molar-refractivity contribution in [3.63, 3.8) is 0 Å². The number of hydrogen-bond acceptors (Lipinski definition) is 5. The number of nitrogens with two attached hydrogens (primary N) is 1. The molecule has 6 nitrogen and oxygen atoms in total. The van der Waals surface area contributed by atoms with Crippen molar-refractivity contribution in [2.45, 2.75) is 57.4 Å². The second-order valence-corrected chi connectivity index (χ2v) is 8.28. The summed E-state index contributed by atoms with van der Waals surface area (Å²) in [6.07, 6.45) is 11.3. The van der Waals surface area contributed by atoms with Crippen LogP contribution in [-0.2, 0) is 6.42 Å². The molecule has 2 aromatic rings. The van der Waals surface area contributed by atoms with Crippen molar-refractivity contribution in [2.75, 3.05) is 18.8 Å². The van der Waals surface area contributed by atoms with Crippen molar-refractivity contribution >= 4 is 5.82 Å². The maximum atomic E-state index is 12.6. The number of nitrogens with zero attached hydrogens (tertiary/aromatic N) is 2. The van der Waals surface area contributed by atoms with E-state index < -0.39 is 0 Å². The number of anilines is 1. The minimum Gasteiger partial charge on any atom is -0.507 e. The van der Waals surface area contributed by atoms with Crippen LogP contribution in [0.2, 0.25) is 0 Å². The molecule has 28 heavy (non-hydrogen) atoms. The van der Waals surface area contributed by atoms with Gasteiger partial charge in [-0.05, 0) is 49.4 Å². The maximum Gasteiger partial charge on any atom is 0.293 e. The Bertz CT molecular complexity index is 881. The molecule has 0 radical (unpaired) electrons. The molecule has 1 unspecified atom stereocenters. The standard InChI is InChI=1S/C22H30N4O2/c23-21-22(28)26(17-7-4-10-24-13-17)14-19(25-21)18-12-16(8-9-20(18)27)11-15-5-2-1-3-6-15/h8-9,12,14-15,17,24,27H,1-7,10-11,13H2,(H2,23,25). The third kappa shape index (κ3) is 4.07. The summed E-state index contributed by atoms with van der Waals surface area (Å²) in [5.74, 6) is 0.873. The van der Waals surface area contributed by atoms with Crippen molar-refractivity contribution in [1.29, 1.82) is 0 Å². The minimum absolute atomic E-state index is 0.0137. The monoisotopic (exact) mass is 382 g/mol. The highest BCUT2D eigenvalue weighted by Crippen LogP contribution is 2.32. The van der Waals surface area contributed by atoms with E-state index in [0.717, 1.165) is 32.4 Å². The Morgan fingerprint density at radius 2 is 2.00 bits per heavy atom. The maximum absolute atomic E-state index is 12.6. The van der Waals surface area contributed by atoms with Crippen molar-refractivity contribution < 1.29 is 5.11 Å². The van der Waals surface area contributed by atoms with Gasteiger partial charge in [0.2, 0.25) is 0 Å². The molecular weight excluding hydrogens is 352 g/mol. The molecule has 1 aromatic heterocycles. The lowest BCUT2D eigenvalue weighted by Gasteiger charge is -2.25. The van der Waals surface area contributed by atoms with Crippen molar-refractivity contribution in [3.05, 3.63) is 40.3 Å². The van der Waals surface area contributed by atoms with Gasteiger partial charge in [-0.2, -0.15) is 0 Å². The van der Waals surface area contributed by atoms with Gasteiger partial charge in [0.15, 0.2) is 5.82 Å². The van der Waals surface area contributed by atoms with E-state index in [1.54, 1.807) is 16.8 Å². The van der Waals surface area contributed by atoms with Crippen LogP contribution in [0, 0.1) is 5.92 Å². The topological polar surface area (TPSA) is 93.2 Å².